The van der Waals surface area contributed by atoms with Crippen molar-refractivity contribution in [3.63, 3.8) is 0 Å². The van der Waals surface area contributed by atoms with Crippen LogP contribution in [0.25, 0.3) is 0 Å². The number of nitrogens with zero attached hydrogens (tertiary/aromatic N) is 1. The van der Waals surface area contributed by atoms with E-state index in [2.05, 4.69) is 50.4 Å². The molecule has 2 rings (SSSR count). The number of ether oxygens (including phenoxy) is 2. The number of morpholine rings is 1. The number of hydrogen-bond donors (Lipinski definition) is 0. The normalized spacial score (nSPS) is 22.5. The number of rotatable bonds is 7. The Balaban J connectivity index is 1.78. The van der Waals surface area contributed by atoms with Gasteiger partial charge in [-0.15, -0.1) is 6.58 Å². The van der Waals surface area contributed by atoms with Crippen molar-refractivity contribution in [1.82, 2.24) is 4.90 Å². The number of hydrogen-bond acceptors (Lipinski definition) is 3. The van der Waals surface area contributed by atoms with Crippen LogP contribution in [0.15, 0.2) is 30.9 Å². The first-order valence-corrected chi connectivity index (χ1v) is 8.29. The van der Waals surface area contributed by atoms with Crippen LogP contribution in [0, 0.1) is 6.92 Å². The Hall–Kier alpha value is -1.32. The Morgan fingerprint density at radius 2 is 2.05 bits per heavy atom. The van der Waals surface area contributed by atoms with E-state index in [1.807, 2.05) is 6.08 Å². The maximum absolute atomic E-state index is 5.98. The predicted molar refractivity (Wildman–Crippen MR) is 91.6 cm³/mol. The van der Waals surface area contributed by atoms with Crippen LogP contribution in [0.4, 0.5) is 0 Å². The summed E-state index contributed by atoms with van der Waals surface area (Å²) in [7, 11) is 0. The summed E-state index contributed by atoms with van der Waals surface area (Å²) in [5.41, 5.74) is 2.49. The highest BCUT2D eigenvalue weighted by atomic mass is 16.5. The van der Waals surface area contributed by atoms with Crippen LogP contribution in [0.2, 0.25) is 0 Å². The second kappa shape index (κ2) is 8.35. The second-order valence-electron chi connectivity index (χ2n) is 6.32. The van der Waals surface area contributed by atoms with Crippen molar-refractivity contribution < 1.29 is 9.47 Å². The molecule has 1 saturated heterocycles. The average Bonchev–Trinajstić information content (AvgIpc) is 2.45. The maximum atomic E-state index is 5.98. The van der Waals surface area contributed by atoms with Gasteiger partial charge in [-0.1, -0.05) is 23.8 Å². The van der Waals surface area contributed by atoms with Gasteiger partial charge in [-0.25, -0.2) is 0 Å². The van der Waals surface area contributed by atoms with Crippen LogP contribution in [-0.4, -0.2) is 43.3 Å². The Kier molecular flexibility index (Phi) is 6.47. The monoisotopic (exact) mass is 303 g/mol. The van der Waals surface area contributed by atoms with Crippen LogP contribution in [-0.2, 0) is 11.2 Å². The van der Waals surface area contributed by atoms with Crippen LogP contribution in [0.3, 0.4) is 0 Å². The topological polar surface area (TPSA) is 21.7 Å². The van der Waals surface area contributed by atoms with Gasteiger partial charge in [0.2, 0.25) is 0 Å². The van der Waals surface area contributed by atoms with Gasteiger partial charge in [-0.3, -0.25) is 4.90 Å². The highest BCUT2D eigenvalue weighted by molar-refractivity contribution is 5.38. The van der Waals surface area contributed by atoms with Crippen molar-refractivity contribution in [1.29, 1.82) is 0 Å². The van der Waals surface area contributed by atoms with Crippen LogP contribution in [0.5, 0.6) is 5.75 Å². The Morgan fingerprint density at radius 3 is 2.73 bits per heavy atom. The van der Waals surface area contributed by atoms with Gasteiger partial charge in [-0.2, -0.15) is 0 Å². The van der Waals surface area contributed by atoms with Gasteiger partial charge in [-0.05, 0) is 45.2 Å². The van der Waals surface area contributed by atoms with Crippen LogP contribution >= 0.6 is 0 Å². The van der Waals surface area contributed by atoms with E-state index in [4.69, 9.17) is 9.47 Å². The highest BCUT2D eigenvalue weighted by Gasteiger charge is 2.21. The van der Waals surface area contributed by atoms with E-state index >= 15 is 0 Å². The summed E-state index contributed by atoms with van der Waals surface area (Å²) in [5.74, 6) is 0.995. The summed E-state index contributed by atoms with van der Waals surface area (Å²) >= 11 is 0. The third kappa shape index (κ3) is 5.15. The molecule has 0 spiro atoms. The van der Waals surface area contributed by atoms with Gasteiger partial charge >= 0.3 is 0 Å². The highest BCUT2D eigenvalue weighted by Crippen LogP contribution is 2.21. The van der Waals surface area contributed by atoms with Crippen molar-refractivity contribution >= 4 is 0 Å². The zero-order valence-electron chi connectivity index (χ0n) is 14.2. The Labute approximate surface area is 134 Å². The summed E-state index contributed by atoms with van der Waals surface area (Å²) in [6, 6.07) is 6.36. The van der Waals surface area contributed by atoms with Crippen molar-refractivity contribution in [2.75, 3.05) is 26.2 Å². The zero-order valence-corrected chi connectivity index (χ0v) is 14.2. The van der Waals surface area contributed by atoms with E-state index in [0.717, 1.165) is 44.8 Å². The van der Waals surface area contributed by atoms with Crippen LogP contribution in [0.1, 0.15) is 31.4 Å². The molecule has 1 aliphatic heterocycles. The molecule has 0 saturated carbocycles. The molecule has 1 heterocycles. The quantitative estimate of drug-likeness (QED) is 0.567. The van der Waals surface area contributed by atoms with E-state index in [0.29, 0.717) is 12.2 Å². The van der Waals surface area contributed by atoms with E-state index in [-0.39, 0.29) is 0 Å². The minimum absolute atomic E-state index is 0.334. The molecule has 2 unspecified atom stereocenters. The maximum Gasteiger partial charge on any atom is 0.122 e. The molecule has 1 aliphatic rings. The lowest BCUT2D eigenvalue weighted by Crippen LogP contribution is -2.45. The van der Waals surface area contributed by atoms with Gasteiger partial charge in [0.15, 0.2) is 0 Å². The van der Waals surface area contributed by atoms with Crippen molar-refractivity contribution in [2.45, 2.75) is 45.8 Å². The Morgan fingerprint density at radius 1 is 1.32 bits per heavy atom. The lowest BCUT2D eigenvalue weighted by molar-refractivity contribution is -0.0686. The summed E-state index contributed by atoms with van der Waals surface area (Å²) in [6.45, 7) is 14.1. The molecule has 122 valence electrons. The van der Waals surface area contributed by atoms with Gasteiger partial charge in [0.05, 0.1) is 18.8 Å². The summed E-state index contributed by atoms with van der Waals surface area (Å²) in [4.78, 5) is 2.47. The molecule has 1 aromatic rings. The van der Waals surface area contributed by atoms with Gasteiger partial charge < -0.3 is 9.47 Å². The third-order valence-corrected chi connectivity index (χ3v) is 3.95. The molecule has 3 nitrogen and oxygen atoms in total. The molecule has 1 aromatic carbocycles. The van der Waals surface area contributed by atoms with Crippen molar-refractivity contribution in [3.8, 4) is 5.75 Å². The summed E-state index contributed by atoms with van der Waals surface area (Å²) in [6.07, 6.45) is 4.50. The molecule has 3 heteroatoms. The molecular weight excluding hydrogens is 274 g/mol. The van der Waals surface area contributed by atoms with E-state index in [1.165, 1.54) is 11.1 Å². The molecule has 0 amide bonds. The SMILES string of the molecule is C=CCc1cc(C)ccc1OCCCN1CC(C)OC(C)C1. The molecule has 22 heavy (non-hydrogen) atoms. The first-order chi connectivity index (χ1) is 10.6. The molecule has 2 atom stereocenters. The molecule has 0 N–H and O–H groups in total. The first kappa shape index (κ1) is 17.0. The molecule has 1 fully saturated rings. The van der Waals surface area contributed by atoms with Crippen molar-refractivity contribution in [2.24, 2.45) is 0 Å². The van der Waals surface area contributed by atoms with E-state index in [9.17, 15) is 0 Å². The van der Waals surface area contributed by atoms with Gasteiger partial charge in [0, 0.05) is 19.6 Å². The first-order valence-electron chi connectivity index (χ1n) is 8.29. The fourth-order valence-corrected chi connectivity index (χ4v) is 3.10. The van der Waals surface area contributed by atoms with E-state index < -0.39 is 0 Å². The largest absolute Gasteiger partial charge is 0.493 e. The molecule has 0 aliphatic carbocycles. The molecule has 0 aromatic heterocycles. The lowest BCUT2D eigenvalue weighted by atomic mass is 10.1. The Bertz CT molecular complexity index is 476. The molecule has 0 bridgehead atoms. The standard InChI is InChI=1S/C19H29NO2/c1-5-7-18-12-15(2)8-9-19(18)21-11-6-10-20-13-16(3)22-17(4)14-20/h5,8-9,12,16-17H,1,6-7,10-11,13-14H2,2-4H3. The molecular formula is C19H29NO2. The smallest absolute Gasteiger partial charge is 0.122 e. The zero-order chi connectivity index (χ0) is 15.9. The summed E-state index contributed by atoms with van der Waals surface area (Å²) in [5, 5.41) is 0. The third-order valence-electron chi connectivity index (χ3n) is 3.95. The number of benzene rings is 1. The fraction of sp³-hybridized carbons (Fsp3) is 0.579. The minimum Gasteiger partial charge on any atom is -0.493 e. The summed E-state index contributed by atoms with van der Waals surface area (Å²) < 4.78 is 11.7. The lowest BCUT2D eigenvalue weighted by Gasteiger charge is -2.35. The minimum atomic E-state index is 0.334. The van der Waals surface area contributed by atoms with E-state index in [1.54, 1.807) is 0 Å². The van der Waals surface area contributed by atoms with Crippen molar-refractivity contribution in [3.05, 3.63) is 42.0 Å². The second-order valence-corrected chi connectivity index (χ2v) is 6.32. The average molecular weight is 303 g/mol. The molecule has 0 radical (unpaired) electrons. The van der Waals surface area contributed by atoms with Gasteiger partial charge in [0.1, 0.15) is 5.75 Å². The predicted octanol–water partition coefficient (Wildman–Crippen LogP) is 3.60. The number of aryl methyl sites for hydroxylation is 1. The number of allylic oxidation sites excluding steroid dienone is 1. The fourth-order valence-electron chi connectivity index (χ4n) is 3.10. The van der Waals surface area contributed by atoms with Crippen LogP contribution < -0.4 is 4.74 Å². The van der Waals surface area contributed by atoms with Gasteiger partial charge in [0.25, 0.3) is 0 Å².